The maximum absolute atomic E-state index is 9.42. The quantitative estimate of drug-likeness (QED) is 0.898. The lowest BCUT2D eigenvalue weighted by Gasteiger charge is -2.35. The third kappa shape index (κ3) is 3.46. The van der Waals surface area contributed by atoms with E-state index < -0.39 is 0 Å². The molecule has 108 valence electrons. The van der Waals surface area contributed by atoms with Crippen LogP contribution in [0.5, 0.6) is 0 Å². The Morgan fingerprint density at radius 1 is 1.37 bits per heavy atom. The zero-order valence-electron chi connectivity index (χ0n) is 12.2. The molecule has 0 amide bonds. The molecule has 1 aromatic rings. The minimum Gasteiger partial charge on any atom is -0.391 e. The Morgan fingerprint density at radius 3 is 2.58 bits per heavy atom. The van der Waals surface area contributed by atoms with Crippen molar-refractivity contribution < 1.29 is 5.11 Å². The van der Waals surface area contributed by atoms with Crippen LogP contribution in [-0.4, -0.2) is 48.2 Å². The molecule has 1 aromatic heterocycles. The van der Waals surface area contributed by atoms with Crippen molar-refractivity contribution in [1.29, 1.82) is 0 Å². The molecule has 0 aromatic carbocycles. The predicted molar refractivity (Wildman–Crippen MR) is 81.0 cm³/mol. The standard InChI is InChI=1S/C14H25N3OS/c1-4-5-12-13(10-18)19-14(15-12)17-8-6-11(7-9-17)16(2)3/h11,18H,4-10H2,1-3H3. The minimum atomic E-state index is 0.126. The fourth-order valence-corrected chi connectivity index (χ4v) is 3.65. The van der Waals surface area contributed by atoms with Gasteiger partial charge >= 0.3 is 0 Å². The van der Waals surface area contributed by atoms with E-state index in [0.29, 0.717) is 6.04 Å². The van der Waals surface area contributed by atoms with Crippen molar-refractivity contribution in [3.05, 3.63) is 10.6 Å². The molecule has 0 radical (unpaired) electrons. The van der Waals surface area contributed by atoms with Crippen LogP contribution in [0, 0.1) is 0 Å². The van der Waals surface area contributed by atoms with E-state index in [1.165, 1.54) is 12.8 Å². The molecule has 1 N–H and O–H groups in total. The van der Waals surface area contributed by atoms with Gasteiger partial charge in [0.15, 0.2) is 5.13 Å². The second-order valence-electron chi connectivity index (χ2n) is 5.46. The molecule has 0 spiro atoms. The van der Waals surface area contributed by atoms with Gasteiger partial charge in [0.25, 0.3) is 0 Å². The van der Waals surface area contributed by atoms with Crippen LogP contribution in [0.1, 0.15) is 36.8 Å². The first-order valence-electron chi connectivity index (χ1n) is 7.16. The number of anilines is 1. The van der Waals surface area contributed by atoms with E-state index in [2.05, 4.69) is 30.8 Å². The van der Waals surface area contributed by atoms with Gasteiger partial charge in [0.1, 0.15) is 0 Å². The lowest BCUT2D eigenvalue weighted by Crippen LogP contribution is -2.41. The van der Waals surface area contributed by atoms with Crippen molar-refractivity contribution in [1.82, 2.24) is 9.88 Å². The average molecular weight is 283 g/mol. The van der Waals surface area contributed by atoms with Crippen molar-refractivity contribution in [2.45, 2.75) is 45.3 Å². The van der Waals surface area contributed by atoms with Crippen LogP contribution >= 0.6 is 11.3 Å². The molecule has 0 aliphatic carbocycles. The van der Waals surface area contributed by atoms with Gasteiger partial charge in [-0.25, -0.2) is 4.98 Å². The zero-order chi connectivity index (χ0) is 13.8. The maximum atomic E-state index is 9.42. The molecule has 1 aliphatic rings. The van der Waals surface area contributed by atoms with E-state index >= 15 is 0 Å². The summed E-state index contributed by atoms with van der Waals surface area (Å²) in [5.74, 6) is 0. The monoisotopic (exact) mass is 283 g/mol. The maximum Gasteiger partial charge on any atom is 0.185 e. The van der Waals surface area contributed by atoms with Gasteiger partial charge in [-0.2, -0.15) is 0 Å². The molecule has 2 heterocycles. The van der Waals surface area contributed by atoms with Crippen LogP contribution in [0.4, 0.5) is 5.13 Å². The molecule has 19 heavy (non-hydrogen) atoms. The van der Waals surface area contributed by atoms with Gasteiger partial charge in [-0.3, -0.25) is 0 Å². The number of aliphatic hydroxyl groups excluding tert-OH is 1. The minimum absolute atomic E-state index is 0.126. The average Bonchev–Trinajstić information content (AvgIpc) is 2.82. The summed E-state index contributed by atoms with van der Waals surface area (Å²) in [7, 11) is 4.32. The molecule has 5 heteroatoms. The topological polar surface area (TPSA) is 39.6 Å². The number of thiazole rings is 1. The van der Waals surface area contributed by atoms with Crippen molar-refractivity contribution in [2.75, 3.05) is 32.1 Å². The Bertz CT molecular complexity index is 397. The number of aromatic nitrogens is 1. The van der Waals surface area contributed by atoms with Crippen LogP contribution in [0.3, 0.4) is 0 Å². The van der Waals surface area contributed by atoms with Gasteiger partial charge < -0.3 is 14.9 Å². The van der Waals surface area contributed by atoms with Crippen molar-refractivity contribution >= 4 is 16.5 Å². The molecule has 1 saturated heterocycles. The molecule has 1 aliphatic heterocycles. The number of piperidine rings is 1. The van der Waals surface area contributed by atoms with Crippen LogP contribution in [0.25, 0.3) is 0 Å². The van der Waals surface area contributed by atoms with Crippen LogP contribution in [0.2, 0.25) is 0 Å². The zero-order valence-corrected chi connectivity index (χ0v) is 13.0. The summed E-state index contributed by atoms with van der Waals surface area (Å²) in [6.07, 6.45) is 4.45. The summed E-state index contributed by atoms with van der Waals surface area (Å²) in [6, 6.07) is 0.698. The van der Waals surface area contributed by atoms with Crippen molar-refractivity contribution in [3.63, 3.8) is 0 Å². The van der Waals surface area contributed by atoms with E-state index in [0.717, 1.165) is 41.6 Å². The van der Waals surface area contributed by atoms with Gasteiger partial charge in [-0.05, 0) is 33.4 Å². The van der Waals surface area contributed by atoms with E-state index in [9.17, 15) is 5.11 Å². The third-order valence-electron chi connectivity index (χ3n) is 3.86. The number of nitrogens with zero attached hydrogens (tertiary/aromatic N) is 3. The lowest BCUT2D eigenvalue weighted by atomic mass is 10.0. The second kappa shape index (κ2) is 6.68. The highest BCUT2D eigenvalue weighted by Gasteiger charge is 2.23. The van der Waals surface area contributed by atoms with Gasteiger partial charge in [0.2, 0.25) is 0 Å². The predicted octanol–water partition coefficient (Wildman–Crippen LogP) is 2.12. The summed E-state index contributed by atoms with van der Waals surface area (Å²) in [6.45, 7) is 4.43. The lowest BCUT2D eigenvalue weighted by molar-refractivity contribution is 0.249. The Balaban J connectivity index is 2.03. The molecule has 1 fully saturated rings. The Labute approximate surface area is 120 Å². The fraction of sp³-hybridized carbons (Fsp3) is 0.786. The van der Waals surface area contributed by atoms with Crippen molar-refractivity contribution in [3.8, 4) is 0 Å². The van der Waals surface area contributed by atoms with Gasteiger partial charge in [-0.15, -0.1) is 0 Å². The van der Waals surface area contributed by atoms with Crippen LogP contribution < -0.4 is 4.90 Å². The van der Waals surface area contributed by atoms with Crippen LogP contribution in [0.15, 0.2) is 0 Å². The highest BCUT2D eigenvalue weighted by molar-refractivity contribution is 7.15. The SMILES string of the molecule is CCCc1nc(N2CCC(N(C)C)CC2)sc1CO. The smallest absolute Gasteiger partial charge is 0.185 e. The van der Waals surface area contributed by atoms with Crippen molar-refractivity contribution in [2.24, 2.45) is 0 Å². The fourth-order valence-electron chi connectivity index (χ4n) is 2.63. The van der Waals surface area contributed by atoms with Gasteiger partial charge in [0, 0.05) is 19.1 Å². The summed E-state index contributed by atoms with van der Waals surface area (Å²) >= 11 is 1.67. The first-order valence-corrected chi connectivity index (χ1v) is 7.98. The van der Waals surface area contributed by atoms with E-state index in [1.54, 1.807) is 11.3 Å². The van der Waals surface area contributed by atoms with E-state index in [4.69, 9.17) is 4.98 Å². The molecule has 0 atom stereocenters. The second-order valence-corrected chi connectivity index (χ2v) is 6.52. The summed E-state index contributed by atoms with van der Waals surface area (Å²) in [5.41, 5.74) is 1.10. The number of hydrogen-bond acceptors (Lipinski definition) is 5. The van der Waals surface area contributed by atoms with Crippen LogP contribution in [-0.2, 0) is 13.0 Å². The summed E-state index contributed by atoms with van der Waals surface area (Å²) < 4.78 is 0. The molecule has 2 rings (SSSR count). The summed E-state index contributed by atoms with van der Waals surface area (Å²) in [5, 5.41) is 10.5. The summed E-state index contributed by atoms with van der Waals surface area (Å²) in [4.78, 5) is 10.5. The molecule has 4 nitrogen and oxygen atoms in total. The van der Waals surface area contributed by atoms with Gasteiger partial charge in [0.05, 0.1) is 17.2 Å². The Kier molecular flexibility index (Phi) is 5.19. The molecule has 0 saturated carbocycles. The third-order valence-corrected chi connectivity index (χ3v) is 5.01. The van der Waals surface area contributed by atoms with E-state index in [1.807, 2.05) is 0 Å². The normalized spacial score (nSPS) is 17.4. The number of aryl methyl sites for hydroxylation is 1. The highest BCUT2D eigenvalue weighted by atomic mass is 32.1. The number of rotatable bonds is 5. The molecule has 0 bridgehead atoms. The Morgan fingerprint density at radius 2 is 2.05 bits per heavy atom. The highest BCUT2D eigenvalue weighted by Crippen LogP contribution is 2.29. The Hall–Kier alpha value is -0.650. The number of hydrogen-bond donors (Lipinski definition) is 1. The molecular weight excluding hydrogens is 258 g/mol. The number of aliphatic hydroxyl groups is 1. The molecule has 0 unspecified atom stereocenters. The molecular formula is C14H25N3OS. The van der Waals surface area contributed by atoms with E-state index in [-0.39, 0.29) is 6.61 Å². The largest absolute Gasteiger partial charge is 0.391 e. The first-order chi connectivity index (χ1) is 9.15. The van der Waals surface area contributed by atoms with Gasteiger partial charge in [-0.1, -0.05) is 24.7 Å². The first kappa shape index (κ1) is 14.8.